The first kappa shape index (κ1) is 20.1. The average molecular weight is 409 g/mol. The Hall–Kier alpha value is -2.65. The van der Waals surface area contributed by atoms with Gasteiger partial charge in [0.05, 0.1) is 29.2 Å². The quantitative estimate of drug-likeness (QED) is 0.601. The molecule has 1 atom stereocenters. The maximum absolute atomic E-state index is 13.0. The second-order valence-electron chi connectivity index (χ2n) is 6.14. The van der Waals surface area contributed by atoms with E-state index >= 15 is 0 Å². The first-order valence-electron chi connectivity index (χ1n) is 8.45. The zero-order valence-electron chi connectivity index (χ0n) is 15.2. The zero-order valence-corrected chi connectivity index (χ0v) is 16.0. The van der Waals surface area contributed by atoms with Gasteiger partial charge < -0.3 is 9.73 Å². The van der Waals surface area contributed by atoms with Crippen LogP contribution in [0.1, 0.15) is 36.9 Å². The second kappa shape index (κ2) is 8.15. The topological polar surface area (TPSA) is 58.4 Å². The second-order valence-corrected chi connectivity index (χ2v) is 6.98. The maximum Gasteiger partial charge on any atom is 0.416 e. The summed E-state index contributed by atoms with van der Waals surface area (Å²) in [5.74, 6) is 0.363. The number of halogens is 3. The number of alkyl halides is 3. The van der Waals surface area contributed by atoms with Gasteiger partial charge in [0, 0.05) is 18.8 Å². The molecular formula is C19H18F3N3O2S. The van der Waals surface area contributed by atoms with Crippen molar-refractivity contribution in [2.45, 2.75) is 32.6 Å². The third-order valence-electron chi connectivity index (χ3n) is 4.04. The summed E-state index contributed by atoms with van der Waals surface area (Å²) in [5.41, 5.74) is -0.0151. The molecule has 1 aromatic carbocycles. The van der Waals surface area contributed by atoms with Crippen molar-refractivity contribution in [1.82, 2.24) is 10.3 Å². The summed E-state index contributed by atoms with van der Waals surface area (Å²) in [6.07, 6.45) is -2.90. The maximum atomic E-state index is 13.0. The van der Waals surface area contributed by atoms with E-state index < -0.39 is 17.6 Å². The number of hydrogen-bond donors (Lipinski definition) is 1. The molecule has 0 spiro atoms. The predicted octanol–water partition coefficient (Wildman–Crippen LogP) is 5.29. The van der Waals surface area contributed by atoms with Crippen molar-refractivity contribution in [2.75, 3.05) is 4.90 Å². The van der Waals surface area contributed by atoms with Crippen LogP contribution in [0, 0.1) is 0 Å². The van der Waals surface area contributed by atoms with Gasteiger partial charge in [-0.3, -0.25) is 9.69 Å². The monoisotopic (exact) mass is 409 g/mol. The number of nitrogens with one attached hydrogen (secondary N) is 1. The number of amides is 1. The molecule has 1 N–H and O–H groups in total. The van der Waals surface area contributed by atoms with Crippen LogP contribution < -0.4 is 10.2 Å². The van der Waals surface area contributed by atoms with Crippen LogP contribution in [0.3, 0.4) is 0 Å². The number of carbonyl (C=O) groups excluding carboxylic acids is 1. The van der Waals surface area contributed by atoms with E-state index in [2.05, 4.69) is 10.3 Å². The molecule has 0 saturated heterocycles. The molecule has 0 bridgehead atoms. The summed E-state index contributed by atoms with van der Waals surface area (Å²) in [5, 5.41) is 5.33. The molecule has 3 aromatic rings. The van der Waals surface area contributed by atoms with Gasteiger partial charge in [-0.15, -0.1) is 11.3 Å². The van der Waals surface area contributed by atoms with Crippen molar-refractivity contribution >= 4 is 28.1 Å². The Labute approximate surface area is 163 Å². The minimum Gasteiger partial charge on any atom is -0.468 e. The molecule has 0 unspecified atom stereocenters. The van der Waals surface area contributed by atoms with Crippen LogP contribution in [-0.2, 0) is 17.5 Å². The van der Waals surface area contributed by atoms with Crippen LogP contribution in [0.2, 0.25) is 0 Å². The van der Waals surface area contributed by atoms with Crippen LogP contribution in [0.4, 0.5) is 24.0 Å². The highest BCUT2D eigenvalue weighted by Gasteiger charge is 2.31. The smallest absolute Gasteiger partial charge is 0.416 e. The Balaban J connectivity index is 1.78. The average Bonchev–Trinajstić information content (AvgIpc) is 3.31. The van der Waals surface area contributed by atoms with Gasteiger partial charge in [0.1, 0.15) is 5.76 Å². The molecule has 3 rings (SSSR count). The van der Waals surface area contributed by atoms with E-state index in [1.807, 2.05) is 13.0 Å². The van der Waals surface area contributed by atoms with E-state index in [1.54, 1.807) is 17.7 Å². The standard InChI is InChI=1S/C19H18F3N3O2S/c1-12(17-7-4-8-27-17)23-10-15-11-28-18(24-15)25(13(2)26)16-6-3-5-14(9-16)19(20,21)22/h3-9,11-12,23H,10H2,1-2H3/t12-/m1/s1. The Bertz CT molecular complexity index is 938. The van der Waals surface area contributed by atoms with Crippen LogP contribution in [-0.4, -0.2) is 10.9 Å². The van der Waals surface area contributed by atoms with Crippen molar-refractivity contribution in [3.05, 3.63) is 65.1 Å². The van der Waals surface area contributed by atoms with Gasteiger partial charge in [-0.2, -0.15) is 13.2 Å². The molecule has 9 heteroatoms. The molecule has 0 saturated carbocycles. The molecular weight excluding hydrogens is 391 g/mol. The van der Waals surface area contributed by atoms with Crippen molar-refractivity contribution in [3.63, 3.8) is 0 Å². The molecule has 2 aromatic heterocycles. The predicted molar refractivity (Wildman–Crippen MR) is 100 cm³/mol. The van der Waals surface area contributed by atoms with E-state index in [0.717, 1.165) is 17.9 Å². The molecule has 28 heavy (non-hydrogen) atoms. The fourth-order valence-electron chi connectivity index (χ4n) is 2.62. The lowest BCUT2D eigenvalue weighted by Gasteiger charge is -2.19. The summed E-state index contributed by atoms with van der Waals surface area (Å²) in [7, 11) is 0. The highest BCUT2D eigenvalue weighted by atomic mass is 32.1. The van der Waals surface area contributed by atoms with Gasteiger partial charge in [-0.25, -0.2) is 4.98 Å². The SMILES string of the molecule is CC(=O)N(c1cccc(C(F)(F)F)c1)c1nc(CN[C@H](C)c2ccco2)cs1. The van der Waals surface area contributed by atoms with Crippen molar-refractivity contribution in [1.29, 1.82) is 0 Å². The summed E-state index contributed by atoms with van der Waals surface area (Å²) < 4.78 is 44.3. The van der Waals surface area contributed by atoms with Crippen LogP contribution >= 0.6 is 11.3 Å². The van der Waals surface area contributed by atoms with Crippen LogP contribution in [0.5, 0.6) is 0 Å². The Morgan fingerprint density at radius 2 is 2.11 bits per heavy atom. The van der Waals surface area contributed by atoms with Crippen molar-refractivity contribution < 1.29 is 22.4 Å². The molecule has 1 amide bonds. The molecule has 2 heterocycles. The highest BCUT2D eigenvalue weighted by molar-refractivity contribution is 7.14. The molecule has 0 aliphatic heterocycles. The number of carbonyl (C=O) groups is 1. The van der Waals surface area contributed by atoms with Crippen LogP contribution in [0.15, 0.2) is 52.5 Å². The largest absolute Gasteiger partial charge is 0.468 e. The molecule has 0 radical (unpaired) electrons. The number of thiazole rings is 1. The number of hydrogen-bond acceptors (Lipinski definition) is 5. The van der Waals surface area contributed by atoms with E-state index in [1.165, 1.54) is 35.3 Å². The summed E-state index contributed by atoms with van der Waals surface area (Å²) in [6, 6.07) is 8.26. The molecule has 148 valence electrons. The lowest BCUT2D eigenvalue weighted by molar-refractivity contribution is -0.137. The normalized spacial score (nSPS) is 12.8. The van der Waals surface area contributed by atoms with Gasteiger partial charge in [0.25, 0.3) is 0 Å². The number of nitrogens with zero attached hydrogens (tertiary/aromatic N) is 2. The third kappa shape index (κ3) is 4.60. The van der Waals surface area contributed by atoms with E-state index in [9.17, 15) is 18.0 Å². The summed E-state index contributed by atoms with van der Waals surface area (Å²) in [4.78, 5) is 17.7. The Morgan fingerprint density at radius 3 is 2.75 bits per heavy atom. The number of rotatable bonds is 6. The molecule has 0 aliphatic carbocycles. The number of furan rings is 1. The van der Waals surface area contributed by atoms with Crippen molar-refractivity contribution in [3.8, 4) is 0 Å². The van der Waals surface area contributed by atoms with Gasteiger partial charge in [0.15, 0.2) is 5.13 Å². The van der Waals surface area contributed by atoms with E-state index in [4.69, 9.17) is 4.42 Å². The fourth-order valence-corrected chi connectivity index (χ4v) is 3.51. The summed E-state index contributed by atoms with van der Waals surface area (Å²) >= 11 is 1.19. The summed E-state index contributed by atoms with van der Waals surface area (Å²) in [6.45, 7) is 3.65. The van der Waals surface area contributed by atoms with E-state index in [-0.39, 0.29) is 11.7 Å². The first-order chi connectivity index (χ1) is 13.3. The van der Waals surface area contributed by atoms with Gasteiger partial charge in [0.2, 0.25) is 5.91 Å². The number of anilines is 2. The highest BCUT2D eigenvalue weighted by Crippen LogP contribution is 2.35. The van der Waals surface area contributed by atoms with Crippen molar-refractivity contribution in [2.24, 2.45) is 0 Å². The molecule has 0 fully saturated rings. The lowest BCUT2D eigenvalue weighted by atomic mass is 10.2. The minimum atomic E-state index is -4.49. The minimum absolute atomic E-state index is 0.0347. The first-order valence-corrected chi connectivity index (χ1v) is 9.33. The van der Waals surface area contributed by atoms with Gasteiger partial charge in [-0.05, 0) is 37.3 Å². The molecule has 5 nitrogen and oxygen atoms in total. The lowest BCUT2D eigenvalue weighted by Crippen LogP contribution is -2.23. The fraction of sp³-hybridized carbons (Fsp3) is 0.263. The van der Waals surface area contributed by atoms with Crippen LogP contribution in [0.25, 0.3) is 0 Å². The third-order valence-corrected chi connectivity index (χ3v) is 4.91. The molecule has 0 aliphatic rings. The Kier molecular flexibility index (Phi) is 5.85. The number of benzene rings is 1. The number of aromatic nitrogens is 1. The zero-order chi connectivity index (χ0) is 20.3. The van der Waals surface area contributed by atoms with Gasteiger partial charge in [-0.1, -0.05) is 6.07 Å². The van der Waals surface area contributed by atoms with Gasteiger partial charge >= 0.3 is 6.18 Å². The van der Waals surface area contributed by atoms with E-state index in [0.29, 0.717) is 17.4 Å². The Morgan fingerprint density at radius 1 is 1.32 bits per heavy atom.